The van der Waals surface area contributed by atoms with Crippen LogP contribution in [0, 0.1) is 18.6 Å². The minimum Gasteiger partial charge on any atom is -0.310 e. The lowest BCUT2D eigenvalue weighted by Crippen LogP contribution is -2.50. The Kier molecular flexibility index (Phi) is 4.86. The largest absolute Gasteiger partial charge is 0.310 e. The molecular weight excluding hydrogens is 438 g/mol. The number of hydrogen-bond acceptors (Lipinski definition) is 4. The van der Waals surface area contributed by atoms with Crippen LogP contribution >= 0.6 is 23.1 Å². The number of hydrogen-bond donors (Lipinski definition) is 0. The standard InChI is InChI=1S/C23H18F2N2O2S2/c1-14-4-7-19-16(11-14)23(27(8-10-31-23)21(28)20-3-2-9-30-20)22(29)26(19)13-15-5-6-17(24)18(25)12-15/h2-7,9,11-12H,8,10,13H2,1H3/t23-/m0/s1. The molecule has 0 saturated carbocycles. The summed E-state index contributed by atoms with van der Waals surface area (Å²) in [5.74, 6) is -1.65. The summed E-state index contributed by atoms with van der Waals surface area (Å²) in [5.41, 5.74) is 2.93. The topological polar surface area (TPSA) is 40.6 Å². The van der Waals surface area contributed by atoms with Crippen LogP contribution in [0.2, 0.25) is 0 Å². The van der Waals surface area contributed by atoms with Crippen LogP contribution < -0.4 is 4.90 Å². The number of anilines is 1. The van der Waals surface area contributed by atoms with Gasteiger partial charge in [-0.25, -0.2) is 8.78 Å². The summed E-state index contributed by atoms with van der Waals surface area (Å²) in [5, 5.41) is 1.84. The number of carbonyl (C=O) groups excluding carboxylic acids is 2. The molecule has 3 aromatic rings. The van der Waals surface area contributed by atoms with Gasteiger partial charge in [-0.3, -0.25) is 9.59 Å². The van der Waals surface area contributed by atoms with E-state index >= 15 is 0 Å². The van der Waals surface area contributed by atoms with Crippen molar-refractivity contribution >= 4 is 40.6 Å². The molecule has 0 radical (unpaired) electrons. The molecule has 158 valence electrons. The molecule has 0 aliphatic carbocycles. The van der Waals surface area contributed by atoms with Crippen molar-refractivity contribution in [1.29, 1.82) is 0 Å². The summed E-state index contributed by atoms with van der Waals surface area (Å²) in [6.45, 7) is 2.50. The van der Waals surface area contributed by atoms with E-state index in [4.69, 9.17) is 0 Å². The second kappa shape index (κ2) is 7.46. The summed E-state index contributed by atoms with van der Waals surface area (Å²) in [6.07, 6.45) is 0. The number of fused-ring (bicyclic) bond motifs is 2. The zero-order valence-corrected chi connectivity index (χ0v) is 18.2. The van der Waals surface area contributed by atoms with Crippen LogP contribution in [0.15, 0.2) is 53.9 Å². The molecular formula is C23H18F2N2O2S2. The third-order valence-electron chi connectivity index (χ3n) is 5.65. The predicted octanol–water partition coefficient (Wildman–Crippen LogP) is 4.92. The molecule has 0 N–H and O–H groups in total. The Balaban J connectivity index is 1.60. The summed E-state index contributed by atoms with van der Waals surface area (Å²) < 4.78 is 27.2. The zero-order valence-electron chi connectivity index (χ0n) is 16.6. The van der Waals surface area contributed by atoms with E-state index in [0.29, 0.717) is 28.4 Å². The Bertz CT molecular complexity index is 1200. The molecule has 31 heavy (non-hydrogen) atoms. The maximum atomic E-state index is 13.9. The molecule has 1 aromatic heterocycles. The van der Waals surface area contributed by atoms with Gasteiger partial charge in [0.2, 0.25) is 0 Å². The minimum atomic E-state index is -1.15. The molecule has 0 bridgehead atoms. The zero-order chi connectivity index (χ0) is 21.8. The van der Waals surface area contributed by atoms with Gasteiger partial charge in [0, 0.05) is 17.9 Å². The molecule has 2 amide bonds. The lowest BCUT2D eigenvalue weighted by molar-refractivity contribution is -0.123. The summed E-state index contributed by atoms with van der Waals surface area (Å²) in [4.78, 5) is 29.9. The Hall–Kier alpha value is -2.71. The third-order valence-corrected chi connectivity index (χ3v) is 7.93. The van der Waals surface area contributed by atoms with E-state index in [1.54, 1.807) is 15.9 Å². The predicted molar refractivity (Wildman–Crippen MR) is 118 cm³/mol. The SMILES string of the molecule is Cc1ccc2c(c1)[C@]1(SCCN1C(=O)c1cccs1)C(=O)N2Cc1ccc(F)c(F)c1. The molecule has 3 heterocycles. The van der Waals surface area contributed by atoms with E-state index in [1.165, 1.54) is 29.2 Å². The number of thioether (sulfide) groups is 1. The second-order valence-corrected chi connectivity index (χ2v) is 9.82. The van der Waals surface area contributed by atoms with Crippen LogP contribution in [0.5, 0.6) is 0 Å². The van der Waals surface area contributed by atoms with E-state index in [1.807, 2.05) is 36.6 Å². The smallest absolute Gasteiger partial charge is 0.268 e. The third kappa shape index (κ3) is 3.08. The first-order valence-corrected chi connectivity index (χ1v) is 11.6. The first-order valence-electron chi connectivity index (χ1n) is 9.78. The minimum absolute atomic E-state index is 0.0927. The van der Waals surface area contributed by atoms with Gasteiger partial charge in [0.25, 0.3) is 11.8 Å². The molecule has 2 aliphatic rings. The summed E-state index contributed by atoms with van der Waals surface area (Å²) in [7, 11) is 0. The number of nitrogens with zero attached hydrogens (tertiary/aromatic N) is 2. The van der Waals surface area contributed by atoms with Gasteiger partial charge in [-0.1, -0.05) is 29.8 Å². The summed E-state index contributed by atoms with van der Waals surface area (Å²) >= 11 is 2.80. The molecule has 2 aliphatic heterocycles. The molecule has 2 aromatic carbocycles. The van der Waals surface area contributed by atoms with Gasteiger partial charge in [-0.15, -0.1) is 23.1 Å². The van der Waals surface area contributed by atoms with Crippen LogP contribution in [-0.2, 0) is 16.2 Å². The van der Waals surface area contributed by atoms with Crippen molar-refractivity contribution in [3.63, 3.8) is 0 Å². The van der Waals surface area contributed by atoms with Crippen LogP contribution in [0.3, 0.4) is 0 Å². The van der Waals surface area contributed by atoms with Crippen LogP contribution in [0.25, 0.3) is 0 Å². The molecule has 0 unspecified atom stereocenters. The van der Waals surface area contributed by atoms with Gasteiger partial charge in [-0.05, 0) is 42.1 Å². The average molecular weight is 457 g/mol. The van der Waals surface area contributed by atoms with Gasteiger partial charge < -0.3 is 9.80 Å². The molecule has 1 fully saturated rings. The van der Waals surface area contributed by atoms with Crippen molar-refractivity contribution in [2.45, 2.75) is 18.3 Å². The molecule has 5 rings (SSSR count). The fraction of sp³-hybridized carbons (Fsp3) is 0.217. The average Bonchev–Trinajstić information content (AvgIpc) is 3.48. The van der Waals surface area contributed by atoms with Crippen LogP contribution in [0.4, 0.5) is 14.5 Å². The molecule has 1 spiro atoms. The van der Waals surface area contributed by atoms with Crippen LogP contribution in [-0.4, -0.2) is 29.0 Å². The van der Waals surface area contributed by atoms with Gasteiger partial charge >= 0.3 is 0 Å². The first-order chi connectivity index (χ1) is 14.9. The van der Waals surface area contributed by atoms with Gasteiger partial charge in [0.15, 0.2) is 16.5 Å². The first kappa shape index (κ1) is 20.2. The van der Waals surface area contributed by atoms with Crippen molar-refractivity contribution in [3.05, 3.63) is 87.1 Å². The van der Waals surface area contributed by atoms with E-state index in [2.05, 4.69) is 0 Å². The van der Waals surface area contributed by atoms with E-state index in [9.17, 15) is 18.4 Å². The molecule has 4 nitrogen and oxygen atoms in total. The number of aryl methyl sites for hydroxylation is 1. The van der Waals surface area contributed by atoms with E-state index < -0.39 is 16.5 Å². The van der Waals surface area contributed by atoms with E-state index in [-0.39, 0.29) is 18.4 Å². The maximum absolute atomic E-state index is 13.9. The van der Waals surface area contributed by atoms with Gasteiger partial charge in [0.05, 0.1) is 17.1 Å². The van der Waals surface area contributed by atoms with Crippen molar-refractivity contribution < 1.29 is 18.4 Å². The number of halogens is 2. The fourth-order valence-electron chi connectivity index (χ4n) is 4.24. The van der Waals surface area contributed by atoms with Crippen LogP contribution in [0.1, 0.15) is 26.4 Å². The van der Waals surface area contributed by atoms with E-state index in [0.717, 1.165) is 23.3 Å². The Labute approximate surface area is 186 Å². The highest BCUT2D eigenvalue weighted by atomic mass is 32.2. The number of benzene rings is 2. The highest BCUT2D eigenvalue weighted by molar-refractivity contribution is 8.01. The number of amides is 2. The highest BCUT2D eigenvalue weighted by Crippen LogP contribution is 2.55. The van der Waals surface area contributed by atoms with Gasteiger partial charge in [-0.2, -0.15) is 0 Å². The highest BCUT2D eigenvalue weighted by Gasteiger charge is 2.59. The van der Waals surface area contributed by atoms with Crippen molar-refractivity contribution in [2.24, 2.45) is 0 Å². The van der Waals surface area contributed by atoms with Crippen molar-refractivity contribution in [2.75, 3.05) is 17.2 Å². The molecule has 1 atom stereocenters. The molecule has 1 saturated heterocycles. The molecule has 8 heteroatoms. The number of rotatable bonds is 3. The normalized spacial score (nSPS) is 20.0. The van der Waals surface area contributed by atoms with Crippen molar-refractivity contribution in [1.82, 2.24) is 4.90 Å². The second-order valence-electron chi connectivity index (χ2n) is 7.59. The number of carbonyl (C=O) groups is 2. The number of thiophene rings is 1. The lowest BCUT2D eigenvalue weighted by Gasteiger charge is -2.33. The Morgan fingerprint density at radius 2 is 1.97 bits per heavy atom. The Morgan fingerprint density at radius 1 is 1.13 bits per heavy atom. The van der Waals surface area contributed by atoms with Crippen molar-refractivity contribution in [3.8, 4) is 0 Å². The maximum Gasteiger partial charge on any atom is 0.268 e. The lowest BCUT2D eigenvalue weighted by atomic mass is 10.0. The monoisotopic (exact) mass is 456 g/mol. The summed E-state index contributed by atoms with van der Waals surface area (Å²) in [6, 6.07) is 13.0. The Morgan fingerprint density at radius 3 is 2.71 bits per heavy atom. The quantitative estimate of drug-likeness (QED) is 0.562. The fourth-order valence-corrected chi connectivity index (χ4v) is 6.36. The van der Waals surface area contributed by atoms with Gasteiger partial charge in [0.1, 0.15) is 0 Å².